The van der Waals surface area contributed by atoms with Crippen LogP contribution in [-0.2, 0) is 19.7 Å². The third-order valence-electron chi connectivity index (χ3n) is 10.8. The van der Waals surface area contributed by atoms with E-state index in [1.54, 1.807) is 9.37 Å². The van der Waals surface area contributed by atoms with E-state index in [0.717, 1.165) is 55.0 Å². The second-order valence-electron chi connectivity index (χ2n) is 14.3. The number of anilines is 4. The van der Waals surface area contributed by atoms with Crippen molar-refractivity contribution in [3.8, 4) is 0 Å². The second kappa shape index (κ2) is 11.9. The van der Waals surface area contributed by atoms with E-state index in [0.29, 0.717) is 45.2 Å². The first-order valence-electron chi connectivity index (χ1n) is 16.6. The van der Waals surface area contributed by atoms with Gasteiger partial charge in [0.25, 0.3) is 0 Å². The summed E-state index contributed by atoms with van der Waals surface area (Å²) in [6.07, 6.45) is 5.84. The molecule has 3 unspecified atom stereocenters. The van der Waals surface area contributed by atoms with Gasteiger partial charge >= 0.3 is 6.09 Å². The Kier molecular flexibility index (Phi) is 8.03. The number of hydrogen-bond acceptors (Lipinski definition) is 9. The van der Waals surface area contributed by atoms with E-state index >= 15 is 0 Å². The van der Waals surface area contributed by atoms with Crippen LogP contribution < -0.4 is 25.9 Å². The van der Waals surface area contributed by atoms with Crippen LogP contribution in [0.5, 0.6) is 0 Å². The lowest BCUT2D eigenvalue weighted by Gasteiger charge is -2.58. The van der Waals surface area contributed by atoms with Crippen LogP contribution in [0.2, 0.25) is 0 Å². The molecule has 1 saturated heterocycles. The minimum Gasteiger partial charge on any atom is -0.369 e. The highest BCUT2D eigenvalue weighted by Gasteiger charge is 2.58. The minimum absolute atomic E-state index is 0.00295. The van der Waals surface area contributed by atoms with Crippen molar-refractivity contribution in [2.45, 2.75) is 52.0 Å². The van der Waals surface area contributed by atoms with E-state index in [4.69, 9.17) is 15.6 Å². The van der Waals surface area contributed by atoms with Crippen molar-refractivity contribution in [3.05, 3.63) is 42.6 Å². The Morgan fingerprint density at radius 2 is 1.67 bits per heavy atom. The Labute approximate surface area is 271 Å². The zero-order valence-corrected chi connectivity index (χ0v) is 27.5. The maximum Gasteiger partial charge on any atom is 0.431 e. The van der Waals surface area contributed by atoms with Crippen molar-refractivity contribution in [1.82, 2.24) is 14.6 Å². The van der Waals surface area contributed by atoms with Crippen LogP contribution >= 0.6 is 0 Å². The van der Waals surface area contributed by atoms with Crippen molar-refractivity contribution in [1.29, 1.82) is 0 Å². The highest BCUT2D eigenvalue weighted by Crippen LogP contribution is 2.60. The number of pyridine rings is 1. The number of carbonyl (C=O) groups excluding carboxylic acids is 2. The summed E-state index contributed by atoms with van der Waals surface area (Å²) >= 11 is 0. The predicted molar refractivity (Wildman–Crippen MR) is 176 cm³/mol. The van der Waals surface area contributed by atoms with Gasteiger partial charge in [0.1, 0.15) is 5.82 Å². The zero-order valence-electron chi connectivity index (χ0n) is 26.7. The molecular weight excluding hydrogens is 606 g/mol. The topological polar surface area (TPSA) is 141 Å². The van der Waals surface area contributed by atoms with Crippen LogP contribution in [0.1, 0.15) is 46.0 Å². The van der Waals surface area contributed by atoms with E-state index in [9.17, 15) is 18.0 Å². The van der Waals surface area contributed by atoms with Crippen molar-refractivity contribution in [2.75, 3.05) is 59.9 Å². The number of hydroxylamine groups is 1. The summed E-state index contributed by atoms with van der Waals surface area (Å²) < 4.78 is 26.9. The van der Waals surface area contributed by atoms with E-state index in [1.165, 1.54) is 0 Å². The van der Waals surface area contributed by atoms with Crippen LogP contribution in [0.25, 0.3) is 0 Å². The number of sulfonamides is 1. The summed E-state index contributed by atoms with van der Waals surface area (Å²) in [7, 11) is -3.24. The maximum atomic E-state index is 13.3. The fourth-order valence-corrected chi connectivity index (χ4v) is 10.7. The number of carbonyl (C=O) groups is 2. The molecule has 4 saturated carbocycles. The van der Waals surface area contributed by atoms with Crippen molar-refractivity contribution < 1.29 is 22.8 Å². The highest BCUT2D eigenvalue weighted by molar-refractivity contribution is 7.89. The molecule has 12 nitrogen and oxygen atoms in total. The number of hydrogen-bond donors (Lipinski definition) is 2. The van der Waals surface area contributed by atoms with Crippen LogP contribution in [-0.4, -0.2) is 80.8 Å². The molecule has 4 bridgehead atoms. The summed E-state index contributed by atoms with van der Waals surface area (Å²) in [5.41, 5.74) is 8.08. The molecule has 248 valence electrons. The van der Waals surface area contributed by atoms with Gasteiger partial charge in [-0.25, -0.2) is 23.3 Å². The van der Waals surface area contributed by atoms with Gasteiger partial charge in [-0.3, -0.25) is 4.79 Å². The lowest BCUT2D eigenvalue weighted by Crippen LogP contribution is -2.62. The second-order valence-corrected chi connectivity index (χ2v) is 16.4. The first-order valence-corrected chi connectivity index (χ1v) is 18.2. The monoisotopic (exact) mass is 651 g/mol. The smallest absolute Gasteiger partial charge is 0.369 e. The molecular formula is C33H45N7O5S. The normalized spacial score (nSPS) is 29.2. The molecule has 0 spiro atoms. The molecule has 3 N–H and O–H groups in total. The Balaban J connectivity index is 0.982. The summed E-state index contributed by atoms with van der Waals surface area (Å²) in [6.45, 7) is 7.06. The molecule has 3 heterocycles. The standard InChI is InChI=1S/C33H45N7O5S/c1-22(2)21-46(43,44)38-11-9-37(10-12-38)26-7-8-29(35-20-26)39-13-14-40(28-6-4-3-5-27(28)39)45-32(42)36-30-24-15-23-16-25(30)19-33(17-23,18-24)31(34)41/h3-8,20,22-25,30H,9-19,21H2,1-2H3,(H2,34,41)(H,36,42)/t23?,24-,25+,30?,33?. The minimum atomic E-state index is -3.24. The molecule has 8 rings (SSSR count). The quantitative estimate of drug-likeness (QED) is 0.439. The predicted octanol–water partition coefficient (Wildman–Crippen LogP) is 3.47. The summed E-state index contributed by atoms with van der Waals surface area (Å²) in [5.74, 6) is 1.91. The highest BCUT2D eigenvalue weighted by atomic mass is 32.2. The molecule has 13 heteroatoms. The van der Waals surface area contributed by atoms with Gasteiger partial charge in [-0.1, -0.05) is 26.0 Å². The molecule has 4 aliphatic carbocycles. The Bertz CT molecular complexity index is 1560. The maximum absolute atomic E-state index is 13.3. The van der Waals surface area contributed by atoms with E-state index < -0.39 is 21.5 Å². The number of aromatic nitrogens is 1. The van der Waals surface area contributed by atoms with Gasteiger partial charge in [0.2, 0.25) is 15.9 Å². The van der Waals surface area contributed by atoms with Crippen molar-refractivity contribution in [3.63, 3.8) is 0 Å². The molecule has 2 aromatic rings. The summed E-state index contributed by atoms with van der Waals surface area (Å²) in [4.78, 5) is 40.6. The summed E-state index contributed by atoms with van der Waals surface area (Å²) in [5, 5.41) is 4.83. The first-order chi connectivity index (χ1) is 22.0. The van der Waals surface area contributed by atoms with Gasteiger partial charge in [0.15, 0.2) is 0 Å². The number of benzene rings is 1. The number of nitrogens with one attached hydrogen (secondary N) is 1. The van der Waals surface area contributed by atoms with Gasteiger partial charge in [-0.2, -0.15) is 4.31 Å². The van der Waals surface area contributed by atoms with Gasteiger partial charge in [0.05, 0.1) is 35.6 Å². The molecule has 0 radical (unpaired) electrons. The number of nitrogens with two attached hydrogens (primary N) is 1. The molecule has 5 fully saturated rings. The Hall–Kier alpha value is -3.58. The van der Waals surface area contributed by atoms with Gasteiger partial charge in [0, 0.05) is 44.2 Å². The molecule has 2 aliphatic heterocycles. The van der Waals surface area contributed by atoms with Gasteiger partial charge in [-0.15, -0.1) is 0 Å². The number of para-hydroxylation sites is 2. The molecule has 5 atom stereocenters. The Morgan fingerprint density at radius 1 is 0.978 bits per heavy atom. The Morgan fingerprint density at radius 3 is 2.30 bits per heavy atom. The number of rotatable bonds is 8. The van der Waals surface area contributed by atoms with Gasteiger partial charge < -0.3 is 25.7 Å². The van der Waals surface area contributed by atoms with Gasteiger partial charge in [-0.05, 0) is 80.0 Å². The largest absolute Gasteiger partial charge is 0.431 e. The molecule has 46 heavy (non-hydrogen) atoms. The number of piperazine rings is 1. The molecule has 1 aromatic heterocycles. The third kappa shape index (κ3) is 5.76. The average molecular weight is 652 g/mol. The van der Waals surface area contributed by atoms with E-state index in [2.05, 4.69) is 15.1 Å². The van der Waals surface area contributed by atoms with E-state index in [-0.39, 0.29) is 35.5 Å². The SMILES string of the molecule is CC(C)CS(=O)(=O)N1CCN(c2ccc(N3CCN(OC(=O)NC4[C@@H]5CC6C[C@H]4CC(C(N)=O)(C6)C5)c4ccccc43)nc2)CC1. The van der Waals surface area contributed by atoms with E-state index in [1.807, 2.05) is 56.4 Å². The van der Waals surface area contributed by atoms with Crippen LogP contribution in [0, 0.1) is 29.1 Å². The summed E-state index contributed by atoms with van der Waals surface area (Å²) in [6, 6.07) is 11.8. The third-order valence-corrected chi connectivity index (χ3v) is 13.0. The number of nitrogens with zero attached hydrogens (tertiary/aromatic N) is 5. The van der Waals surface area contributed by atoms with Crippen molar-refractivity contribution >= 4 is 44.9 Å². The number of primary amides is 1. The molecule has 1 aromatic carbocycles. The zero-order chi connectivity index (χ0) is 32.2. The fraction of sp³-hybridized carbons (Fsp3) is 0.606. The molecule has 2 amide bonds. The average Bonchev–Trinajstić information content (AvgIpc) is 3.02. The lowest BCUT2D eigenvalue weighted by molar-refractivity contribution is -0.145. The number of amides is 2. The first kappa shape index (κ1) is 31.0. The van der Waals surface area contributed by atoms with Crippen molar-refractivity contribution in [2.24, 2.45) is 34.8 Å². The number of fused-ring (bicyclic) bond motifs is 1. The van der Waals surface area contributed by atoms with Crippen LogP contribution in [0.3, 0.4) is 0 Å². The lowest BCUT2D eigenvalue weighted by atomic mass is 9.47. The van der Waals surface area contributed by atoms with Crippen LogP contribution in [0.4, 0.5) is 27.7 Å². The fourth-order valence-electron chi connectivity index (χ4n) is 8.97. The van der Waals surface area contributed by atoms with Crippen LogP contribution in [0.15, 0.2) is 42.6 Å². The molecule has 6 aliphatic rings.